The number of hydrogen-bond acceptors (Lipinski definition) is 2. The molecule has 0 radical (unpaired) electrons. The molecule has 3 nitrogen and oxygen atoms in total. The van der Waals surface area contributed by atoms with Gasteiger partial charge in [-0.05, 0) is 43.5 Å². The molecule has 1 aliphatic rings. The second-order valence-electron chi connectivity index (χ2n) is 4.57. The molecule has 0 heterocycles. The Hall–Kier alpha value is -1.79. The molecule has 0 aliphatic heterocycles. The Kier molecular flexibility index (Phi) is 4.01. The average Bonchev–Trinajstić information content (AvgIpc) is 3.16. The number of carbonyl (C=O) groups excluding carboxylic acids is 1. The van der Waals surface area contributed by atoms with Crippen molar-refractivity contribution in [3.8, 4) is 11.8 Å². The number of nitrogens with one attached hydrogen (secondary N) is 1. The molecule has 0 unspecified atom stereocenters. The lowest BCUT2D eigenvalue weighted by Crippen LogP contribution is -2.13. The fourth-order valence-electron chi connectivity index (χ4n) is 1.69. The molecule has 0 saturated heterocycles. The second-order valence-corrected chi connectivity index (χ2v) is 4.57. The van der Waals surface area contributed by atoms with Gasteiger partial charge in [0, 0.05) is 23.6 Å². The van der Waals surface area contributed by atoms with Crippen molar-refractivity contribution in [2.75, 3.05) is 11.9 Å². The third-order valence-electron chi connectivity index (χ3n) is 2.90. The number of hydrogen-bond donors (Lipinski definition) is 2. The minimum Gasteiger partial charge on any atom is -0.395 e. The summed E-state index contributed by atoms with van der Waals surface area (Å²) in [6.45, 7) is 2.05. The van der Waals surface area contributed by atoms with E-state index in [1.807, 2.05) is 25.1 Å². The minimum absolute atomic E-state index is 0.0849. The topological polar surface area (TPSA) is 49.3 Å². The summed E-state index contributed by atoms with van der Waals surface area (Å²) in [5, 5.41) is 11.6. The second kappa shape index (κ2) is 5.70. The van der Waals surface area contributed by atoms with Gasteiger partial charge in [-0.15, -0.1) is 0 Å². The van der Waals surface area contributed by atoms with Gasteiger partial charge in [-0.1, -0.05) is 11.8 Å². The van der Waals surface area contributed by atoms with Crippen molar-refractivity contribution >= 4 is 11.6 Å². The quantitative estimate of drug-likeness (QED) is 0.798. The highest BCUT2D eigenvalue weighted by atomic mass is 16.2. The summed E-state index contributed by atoms with van der Waals surface area (Å²) in [4.78, 5) is 11.6. The molecule has 1 aliphatic carbocycles. The van der Waals surface area contributed by atoms with Gasteiger partial charge in [0.25, 0.3) is 0 Å². The van der Waals surface area contributed by atoms with Crippen LogP contribution in [-0.4, -0.2) is 17.6 Å². The van der Waals surface area contributed by atoms with E-state index in [-0.39, 0.29) is 18.4 Å². The maximum atomic E-state index is 11.6. The summed E-state index contributed by atoms with van der Waals surface area (Å²) in [6.07, 6.45) is 2.50. The van der Waals surface area contributed by atoms with Gasteiger partial charge in [0.15, 0.2) is 0 Å². The molecule has 0 bridgehead atoms. The third kappa shape index (κ3) is 3.35. The molecule has 1 fully saturated rings. The molecule has 94 valence electrons. The number of anilines is 1. The predicted octanol–water partition coefficient (Wildman–Crippen LogP) is 2.08. The molecule has 18 heavy (non-hydrogen) atoms. The van der Waals surface area contributed by atoms with Crippen LogP contribution >= 0.6 is 0 Å². The van der Waals surface area contributed by atoms with Crippen molar-refractivity contribution in [1.29, 1.82) is 0 Å². The predicted molar refractivity (Wildman–Crippen MR) is 71.1 cm³/mol. The molecule has 0 atom stereocenters. The fourth-order valence-corrected chi connectivity index (χ4v) is 1.69. The number of aryl methyl sites for hydroxylation is 1. The minimum atomic E-state index is 0.0849. The molecule has 1 aromatic rings. The zero-order valence-corrected chi connectivity index (χ0v) is 10.5. The zero-order chi connectivity index (χ0) is 13.0. The van der Waals surface area contributed by atoms with E-state index in [1.54, 1.807) is 0 Å². The van der Waals surface area contributed by atoms with E-state index in [9.17, 15) is 4.79 Å². The number of amides is 1. The highest BCUT2D eigenvalue weighted by molar-refractivity contribution is 5.94. The molecule has 1 saturated carbocycles. The van der Waals surface area contributed by atoms with Crippen LogP contribution < -0.4 is 5.32 Å². The number of rotatable bonds is 3. The largest absolute Gasteiger partial charge is 0.395 e. The summed E-state index contributed by atoms with van der Waals surface area (Å²) in [6, 6.07) is 5.71. The standard InChI is InChI=1S/C15H17NO2/c1-11-10-14(16-15(18)13-5-6-13)8-7-12(11)4-2-3-9-17/h7-8,10,13,17H,3,5-6,9H2,1H3,(H,16,18). The van der Waals surface area contributed by atoms with Crippen molar-refractivity contribution < 1.29 is 9.90 Å². The first-order chi connectivity index (χ1) is 8.70. The van der Waals surface area contributed by atoms with Gasteiger partial charge in [-0.25, -0.2) is 0 Å². The van der Waals surface area contributed by atoms with E-state index in [0.29, 0.717) is 6.42 Å². The molecule has 1 amide bonds. The Labute approximate surface area is 107 Å². The van der Waals surface area contributed by atoms with E-state index >= 15 is 0 Å². The Morgan fingerprint density at radius 2 is 2.28 bits per heavy atom. The van der Waals surface area contributed by atoms with Crippen molar-refractivity contribution in [3.63, 3.8) is 0 Å². The van der Waals surface area contributed by atoms with E-state index in [0.717, 1.165) is 29.7 Å². The first-order valence-electron chi connectivity index (χ1n) is 6.22. The van der Waals surface area contributed by atoms with Gasteiger partial charge in [-0.3, -0.25) is 4.79 Å². The van der Waals surface area contributed by atoms with Crippen LogP contribution in [0.3, 0.4) is 0 Å². The highest BCUT2D eigenvalue weighted by Crippen LogP contribution is 2.30. The molecular formula is C15H17NO2. The number of carbonyl (C=O) groups is 1. The molecule has 1 aromatic carbocycles. The van der Waals surface area contributed by atoms with Gasteiger partial charge < -0.3 is 10.4 Å². The summed E-state index contributed by atoms with van der Waals surface area (Å²) in [5.41, 5.74) is 2.80. The lowest BCUT2D eigenvalue weighted by molar-refractivity contribution is -0.117. The number of aliphatic hydroxyl groups excluding tert-OH is 1. The van der Waals surface area contributed by atoms with Crippen LogP contribution in [0.1, 0.15) is 30.4 Å². The average molecular weight is 243 g/mol. The smallest absolute Gasteiger partial charge is 0.227 e. The monoisotopic (exact) mass is 243 g/mol. The molecule has 2 N–H and O–H groups in total. The Morgan fingerprint density at radius 3 is 2.89 bits per heavy atom. The van der Waals surface area contributed by atoms with Crippen LogP contribution in [0.15, 0.2) is 18.2 Å². The maximum absolute atomic E-state index is 11.6. The summed E-state index contributed by atoms with van der Waals surface area (Å²) >= 11 is 0. The van der Waals surface area contributed by atoms with E-state index in [2.05, 4.69) is 17.2 Å². The van der Waals surface area contributed by atoms with E-state index in [1.165, 1.54) is 0 Å². The van der Waals surface area contributed by atoms with Gasteiger partial charge in [0.2, 0.25) is 5.91 Å². The first kappa shape index (κ1) is 12.7. The summed E-state index contributed by atoms with van der Waals surface area (Å²) in [7, 11) is 0. The summed E-state index contributed by atoms with van der Waals surface area (Å²) < 4.78 is 0. The normalized spacial score (nSPS) is 13.7. The van der Waals surface area contributed by atoms with Crippen molar-refractivity contribution in [3.05, 3.63) is 29.3 Å². The number of aliphatic hydroxyl groups is 1. The molecular weight excluding hydrogens is 226 g/mol. The van der Waals surface area contributed by atoms with Crippen LogP contribution in [0.25, 0.3) is 0 Å². The van der Waals surface area contributed by atoms with Crippen molar-refractivity contribution in [1.82, 2.24) is 0 Å². The van der Waals surface area contributed by atoms with Crippen LogP contribution in [0.5, 0.6) is 0 Å². The molecule has 0 spiro atoms. The maximum Gasteiger partial charge on any atom is 0.227 e. The summed E-state index contributed by atoms with van der Waals surface area (Å²) in [5.74, 6) is 6.24. The lowest BCUT2D eigenvalue weighted by atomic mass is 10.1. The van der Waals surface area contributed by atoms with Crippen LogP contribution in [0.2, 0.25) is 0 Å². The molecule has 0 aromatic heterocycles. The van der Waals surface area contributed by atoms with Gasteiger partial charge >= 0.3 is 0 Å². The van der Waals surface area contributed by atoms with E-state index < -0.39 is 0 Å². The van der Waals surface area contributed by atoms with Crippen molar-refractivity contribution in [2.24, 2.45) is 5.92 Å². The lowest BCUT2D eigenvalue weighted by Gasteiger charge is -2.06. The van der Waals surface area contributed by atoms with Gasteiger partial charge in [0.1, 0.15) is 0 Å². The zero-order valence-electron chi connectivity index (χ0n) is 10.5. The molecule has 3 heteroatoms. The van der Waals surface area contributed by atoms with Crippen LogP contribution in [0.4, 0.5) is 5.69 Å². The highest BCUT2D eigenvalue weighted by Gasteiger charge is 2.29. The van der Waals surface area contributed by atoms with Crippen LogP contribution in [-0.2, 0) is 4.79 Å². The first-order valence-corrected chi connectivity index (χ1v) is 6.22. The Morgan fingerprint density at radius 1 is 1.50 bits per heavy atom. The van der Waals surface area contributed by atoms with Crippen molar-refractivity contribution in [2.45, 2.75) is 26.2 Å². The van der Waals surface area contributed by atoms with Gasteiger partial charge in [-0.2, -0.15) is 0 Å². The Bertz CT molecular complexity index is 507. The van der Waals surface area contributed by atoms with E-state index in [4.69, 9.17) is 5.11 Å². The number of benzene rings is 1. The SMILES string of the molecule is Cc1cc(NC(=O)C2CC2)ccc1C#CCCO. The third-order valence-corrected chi connectivity index (χ3v) is 2.90. The molecule has 2 rings (SSSR count). The van der Waals surface area contributed by atoms with Gasteiger partial charge in [0.05, 0.1) is 6.61 Å². The fraction of sp³-hybridized carbons (Fsp3) is 0.400. The van der Waals surface area contributed by atoms with Crippen LogP contribution in [0, 0.1) is 24.7 Å². The Balaban J connectivity index is 2.04.